The summed E-state index contributed by atoms with van der Waals surface area (Å²) in [7, 11) is 0. The van der Waals surface area contributed by atoms with Crippen LogP contribution >= 0.6 is 23.2 Å². The predicted octanol–water partition coefficient (Wildman–Crippen LogP) is 5.22. The number of rotatable bonds is 3. The molecule has 3 rings (SSSR count). The normalized spacial score (nSPS) is 13.6. The third kappa shape index (κ3) is 2.86. The average molecular weight is 319 g/mol. The molecule has 2 aromatic rings. The molecule has 2 aromatic carbocycles. The SMILES string of the molecule is Cc1cc2c(cc1CCc1c(Cl)cccc1Cl)CCC2=O. The minimum atomic E-state index is 0.272. The Kier molecular flexibility index (Phi) is 4.05. The lowest BCUT2D eigenvalue weighted by Crippen LogP contribution is -1.99. The number of halogens is 2. The van der Waals surface area contributed by atoms with Gasteiger partial charge >= 0.3 is 0 Å². The number of hydrogen-bond donors (Lipinski definition) is 0. The third-order valence-electron chi connectivity index (χ3n) is 4.19. The van der Waals surface area contributed by atoms with E-state index in [2.05, 4.69) is 13.0 Å². The number of aryl methyl sites for hydroxylation is 3. The molecule has 1 nitrogen and oxygen atoms in total. The lowest BCUT2D eigenvalue weighted by Gasteiger charge is -2.11. The third-order valence-corrected chi connectivity index (χ3v) is 4.90. The van der Waals surface area contributed by atoms with Gasteiger partial charge in [0, 0.05) is 22.0 Å². The molecule has 0 bridgehead atoms. The second-order valence-electron chi connectivity index (χ2n) is 5.56. The summed E-state index contributed by atoms with van der Waals surface area (Å²) >= 11 is 12.4. The van der Waals surface area contributed by atoms with Gasteiger partial charge in [0.2, 0.25) is 0 Å². The molecule has 0 saturated carbocycles. The van der Waals surface area contributed by atoms with E-state index in [1.165, 1.54) is 16.7 Å². The molecule has 0 fully saturated rings. The van der Waals surface area contributed by atoms with Crippen molar-refractivity contribution in [2.24, 2.45) is 0 Å². The van der Waals surface area contributed by atoms with E-state index in [1.807, 2.05) is 24.3 Å². The molecule has 1 aliphatic carbocycles. The first kappa shape index (κ1) is 14.6. The van der Waals surface area contributed by atoms with Crippen LogP contribution in [-0.4, -0.2) is 5.78 Å². The van der Waals surface area contributed by atoms with E-state index in [4.69, 9.17) is 23.2 Å². The van der Waals surface area contributed by atoms with E-state index in [0.717, 1.165) is 40.4 Å². The van der Waals surface area contributed by atoms with Crippen LogP contribution in [0.4, 0.5) is 0 Å². The van der Waals surface area contributed by atoms with Crippen molar-refractivity contribution in [3.63, 3.8) is 0 Å². The Morgan fingerprint density at radius 2 is 1.76 bits per heavy atom. The summed E-state index contributed by atoms with van der Waals surface area (Å²) in [5.74, 6) is 0.272. The number of carbonyl (C=O) groups is 1. The van der Waals surface area contributed by atoms with Crippen molar-refractivity contribution in [2.45, 2.75) is 32.6 Å². The van der Waals surface area contributed by atoms with Crippen LogP contribution in [0.3, 0.4) is 0 Å². The van der Waals surface area contributed by atoms with Crippen LogP contribution < -0.4 is 0 Å². The minimum absolute atomic E-state index is 0.272. The summed E-state index contributed by atoms with van der Waals surface area (Å²) in [5, 5.41) is 1.44. The number of hydrogen-bond acceptors (Lipinski definition) is 1. The van der Waals surface area contributed by atoms with Crippen molar-refractivity contribution in [3.05, 3.63) is 68.2 Å². The van der Waals surface area contributed by atoms with Gasteiger partial charge in [-0.1, -0.05) is 35.3 Å². The maximum absolute atomic E-state index is 11.8. The van der Waals surface area contributed by atoms with Crippen molar-refractivity contribution in [1.29, 1.82) is 0 Å². The zero-order valence-corrected chi connectivity index (χ0v) is 13.4. The Morgan fingerprint density at radius 1 is 1.05 bits per heavy atom. The average Bonchev–Trinajstić information content (AvgIpc) is 2.79. The summed E-state index contributed by atoms with van der Waals surface area (Å²) in [6, 6.07) is 9.82. The molecule has 108 valence electrons. The second kappa shape index (κ2) is 5.82. The lowest BCUT2D eigenvalue weighted by molar-refractivity contribution is 0.0994. The maximum atomic E-state index is 11.8. The quantitative estimate of drug-likeness (QED) is 0.758. The van der Waals surface area contributed by atoms with Crippen LogP contribution in [0, 0.1) is 6.92 Å². The Morgan fingerprint density at radius 3 is 2.48 bits per heavy atom. The highest BCUT2D eigenvalue weighted by Gasteiger charge is 2.20. The summed E-state index contributed by atoms with van der Waals surface area (Å²) in [6.45, 7) is 2.06. The van der Waals surface area contributed by atoms with Gasteiger partial charge in [-0.15, -0.1) is 0 Å². The van der Waals surface area contributed by atoms with Crippen LogP contribution in [0.15, 0.2) is 30.3 Å². The Bertz CT molecular complexity index is 699. The summed E-state index contributed by atoms with van der Waals surface area (Å²) in [5.41, 5.74) is 5.54. The van der Waals surface area contributed by atoms with E-state index in [1.54, 1.807) is 0 Å². The summed E-state index contributed by atoms with van der Waals surface area (Å²) in [6.07, 6.45) is 3.21. The molecular formula is C18H16Cl2O. The van der Waals surface area contributed by atoms with Crippen molar-refractivity contribution >= 4 is 29.0 Å². The molecule has 0 aliphatic heterocycles. The smallest absolute Gasteiger partial charge is 0.163 e. The molecule has 0 atom stereocenters. The lowest BCUT2D eigenvalue weighted by atomic mass is 9.96. The molecule has 0 heterocycles. The van der Waals surface area contributed by atoms with E-state index >= 15 is 0 Å². The van der Waals surface area contributed by atoms with Gasteiger partial charge in [-0.2, -0.15) is 0 Å². The fourth-order valence-electron chi connectivity index (χ4n) is 2.95. The highest BCUT2D eigenvalue weighted by atomic mass is 35.5. The zero-order chi connectivity index (χ0) is 15.0. The van der Waals surface area contributed by atoms with Gasteiger partial charge < -0.3 is 0 Å². The zero-order valence-electron chi connectivity index (χ0n) is 11.9. The molecule has 21 heavy (non-hydrogen) atoms. The van der Waals surface area contributed by atoms with Gasteiger partial charge in [-0.3, -0.25) is 4.79 Å². The van der Waals surface area contributed by atoms with Crippen LogP contribution in [-0.2, 0) is 19.3 Å². The Labute approximate surface area is 134 Å². The molecule has 0 amide bonds. The first-order valence-corrected chi connectivity index (χ1v) is 7.90. The van der Waals surface area contributed by atoms with Crippen LogP contribution in [0.2, 0.25) is 10.0 Å². The molecule has 0 saturated heterocycles. The Balaban J connectivity index is 1.85. The number of carbonyl (C=O) groups excluding carboxylic acids is 1. The fraction of sp³-hybridized carbons (Fsp3) is 0.278. The van der Waals surface area contributed by atoms with Gasteiger partial charge in [-0.25, -0.2) is 0 Å². The van der Waals surface area contributed by atoms with Crippen molar-refractivity contribution < 1.29 is 4.79 Å². The molecule has 3 heteroatoms. The molecule has 0 radical (unpaired) electrons. The topological polar surface area (TPSA) is 17.1 Å². The maximum Gasteiger partial charge on any atom is 0.163 e. The van der Waals surface area contributed by atoms with E-state index in [-0.39, 0.29) is 5.78 Å². The van der Waals surface area contributed by atoms with E-state index < -0.39 is 0 Å². The fourth-order valence-corrected chi connectivity index (χ4v) is 3.54. The molecule has 0 N–H and O–H groups in total. The molecule has 0 spiro atoms. The molecule has 1 aliphatic rings. The number of Topliss-reactive ketones (excluding diaryl/α,β-unsaturated/α-hetero) is 1. The van der Waals surface area contributed by atoms with Gasteiger partial charge in [0.05, 0.1) is 0 Å². The highest BCUT2D eigenvalue weighted by Crippen LogP contribution is 2.29. The second-order valence-corrected chi connectivity index (χ2v) is 6.37. The monoisotopic (exact) mass is 318 g/mol. The highest BCUT2D eigenvalue weighted by molar-refractivity contribution is 6.35. The van der Waals surface area contributed by atoms with Crippen LogP contribution in [0.25, 0.3) is 0 Å². The standard InChI is InChI=1S/C18H16Cl2O/c1-11-9-15-13(6-8-18(15)21)10-12(11)5-7-14-16(19)3-2-4-17(14)20/h2-4,9-10H,5-8H2,1H3. The first-order valence-electron chi connectivity index (χ1n) is 7.15. The van der Waals surface area contributed by atoms with Crippen molar-refractivity contribution in [2.75, 3.05) is 0 Å². The predicted molar refractivity (Wildman–Crippen MR) is 87.7 cm³/mol. The number of ketones is 1. The van der Waals surface area contributed by atoms with Gasteiger partial charge in [-0.05, 0) is 66.6 Å². The number of benzene rings is 2. The van der Waals surface area contributed by atoms with Crippen LogP contribution in [0.1, 0.15) is 39.0 Å². The van der Waals surface area contributed by atoms with Crippen LogP contribution in [0.5, 0.6) is 0 Å². The largest absolute Gasteiger partial charge is 0.294 e. The first-order chi connectivity index (χ1) is 10.1. The summed E-state index contributed by atoms with van der Waals surface area (Å²) in [4.78, 5) is 11.8. The van der Waals surface area contributed by atoms with Gasteiger partial charge in [0.1, 0.15) is 0 Å². The number of fused-ring (bicyclic) bond motifs is 1. The van der Waals surface area contributed by atoms with Gasteiger partial charge in [0.15, 0.2) is 5.78 Å². The van der Waals surface area contributed by atoms with E-state index in [0.29, 0.717) is 6.42 Å². The van der Waals surface area contributed by atoms with E-state index in [9.17, 15) is 4.79 Å². The minimum Gasteiger partial charge on any atom is -0.294 e. The van der Waals surface area contributed by atoms with Crippen molar-refractivity contribution in [3.8, 4) is 0 Å². The Hall–Kier alpha value is -1.31. The summed E-state index contributed by atoms with van der Waals surface area (Å²) < 4.78 is 0. The van der Waals surface area contributed by atoms with Gasteiger partial charge in [0.25, 0.3) is 0 Å². The molecular weight excluding hydrogens is 303 g/mol. The molecule has 0 unspecified atom stereocenters. The molecule has 0 aromatic heterocycles. The van der Waals surface area contributed by atoms with Crippen molar-refractivity contribution in [1.82, 2.24) is 0 Å².